The summed E-state index contributed by atoms with van der Waals surface area (Å²) in [5.41, 5.74) is 1.86. The first-order chi connectivity index (χ1) is 9.99. The van der Waals surface area contributed by atoms with Crippen LogP contribution in [0, 0.1) is 0 Å². The van der Waals surface area contributed by atoms with Gasteiger partial charge in [0.2, 0.25) is 0 Å². The monoisotopic (exact) mass is 291 g/mol. The molecule has 1 aromatic carbocycles. The Labute approximate surface area is 119 Å². The smallest absolute Gasteiger partial charge is 0.331 e. The molecule has 108 valence electrons. The minimum Gasteiger partial charge on any atom is -0.331 e. The molecule has 0 amide bonds. The predicted octanol–water partition coefficient (Wildman–Crippen LogP) is 4.14. The van der Waals surface area contributed by atoms with Crippen molar-refractivity contribution in [2.45, 2.75) is 19.6 Å². The lowest BCUT2D eigenvalue weighted by atomic mass is 10.1. The van der Waals surface area contributed by atoms with Crippen LogP contribution in [-0.4, -0.2) is 14.5 Å². The molecule has 21 heavy (non-hydrogen) atoms. The second-order valence-electron chi connectivity index (χ2n) is 4.67. The molecule has 0 radical (unpaired) electrons. The third-order valence-electron chi connectivity index (χ3n) is 3.33. The molecule has 0 atom stereocenters. The van der Waals surface area contributed by atoms with E-state index in [0.29, 0.717) is 11.3 Å². The lowest BCUT2D eigenvalue weighted by molar-refractivity contribution is -0.137. The van der Waals surface area contributed by atoms with Crippen LogP contribution in [0.15, 0.2) is 42.9 Å². The van der Waals surface area contributed by atoms with Crippen molar-refractivity contribution in [3.63, 3.8) is 0 Å². The van der Waals surface area contributed by atoms with Gasteiger partial charge in [0.05, 0.1) is 29.3 Å². The van der Waals surface area contributed by atoms with E-state index in [2.05, 4.69) is 9.97 Å². The standard InChI is InChI=1S/C15H12F3N3/c1-2-21-9-20-13-8-19-12(7-14(13)21)10-4-3-5-11(6-10)15(16,17)18/h3-9H,2H2,1H3. The van der Waals surface area contributed by atoms with E-state index in [-0.39, 0.29) is 0 Å². The predicted molar refractivity (Wildman–Crippen MR) is 73.6 cm³/mol. The van der Waals surface area contributed by atoms with Crippen molar-refractivity contribution in [3.8, 4) is 11.3 Å². The highest BCUT2D eigenvalue weighted by atomic mass is 19.4. The minimum atomic E-state index is -4.36. The van der Waals surface area contributed by atoms with E-state index >= 15 is 0 Å². The molecule has 0 unspecified atom stereocenters. The zero-order chi connectivity index (χ0) is 15.0. The normalized spacial score (nSPS) is 12.0. The molecule has 3 rings (SSSR count). The molecule has 3 aromatic rings. The van der Waals surface area contributed by atoms with Gasteiger partial charge in [-0.2, -0.15) is 13.2 Å². The number of rotatable bonds is 2. The van der Waals surface area contributed by atoms with E-state index < -0.39 is 11.7 Å². The van der Waals surface area contributed by atoms with Crippen LogP contribution in [0.3, 0.4) is 0 Å². The Bertz CT molecular complexity index is 790. The molecule has 0 spiro atoms. The van der Waals surface area contributed by atoms with Crippen molar-refractivity contribution in [2.75, 3.05) is 0 Å². The number of hydrogen-bond donors (Lipinski definition) is 0. The van der Waals surface area contributed by atoms with Crippen molar-refractivity contribution in [1.29, 1.82) is 0 Å². The van der Waals surface area contributed by atoms with Gasteiger partial charge < -0.3 is 4.57 Å². The number of aryl methyl sites for hydroxylation is 1. The van der Waals surface area contributed by atoms with Crippen LogP contribution in [0.4, 0.5) is 13.2 Å². The molecular weight excluding hydrogens is 279 g/mol. The summed E-state index contributed by atoms with van der Waals surface area (Å²) in [4.78, 5) is 8.41. The van der Waals surface area contributed by atoms with Crippen LogP contribution >= 0.6 is 0 Å². The van der Waals surface area contributed by atoms with Crippen LogP contribution < -0.4 is 0 Å². The summed E-state index contributed by atoms with van der Waals surface area (Å²) in [6.07, 6.45) is -1.08. The average molecular weight is 291 g/mol. The molecule has 2 heterocycles. The van der Waals surface area contributed by atoms with Gasteiger partial charge in [0, 0.05) is 12.1 Å². The summed E-state index contributed by atoms with van der Waals surface area (Å²) in [7, 11) is 0. The fourth-order valence-corrected chi connectivity index (χ4v) is 2.23. The van der Waals surface area contributed by atoms with E-state index in [1.54, 1.807) is 24.7 Å². The quantitative estimate of drug-likeness (QED) is 0.710. The second-order valence-corrected chi connectivity index (χ2v) is 4.67. The van der Waals surface area contributed by atoms with Crippen molar-refractivity contribution < 1.29 is 13.2 Å². The summed E-state index contributed by atoms with van der Waals surface area (Å²) in [6.45, 7) is 2.72. The van der Waals surface area contributed by atoms with Gasteiger partial charge in [-0.15, -0.1) is 0 Å². The molecule has 0 bridgehead atoms. The van der Waals surface area contributed by atoms with Crippen LogP contribution in [0.1, 0.15) is 12.5 Å². The van der Waals surface area contributed by atoms with E-state index in [1.165, 1.54) is 6.07 Å². The van der Waals surface area contributed by atoms with Crippen LogP contribution in [0.5, 0.6) is 0 Å². The van der Waals surface area contributed by atoms with Gasteiger partial charge >= 0.3 is 6.18 Å². The molecule has 0 fully saturated rings. The van der Waals surface area contributed by atoms with Gasteiger partial charge in [-0.25, -0.2) is 4.98 Å². The number of pyridine rings is 1. The Balaban J connectivity index is 2.12. The number of halogens is 3. The van der Waals surface area contributed by atoms with Gasteiger partial charge in [-0.3, -0.25) is 4.98 Å². The number of nitrogens with zero attached hydrogens (tertiary/aromatic N) is 3. The molecule has 0 N–H and O–H groups in total. The van der Waals surface area contributed by atoms with Crippen LogP contribution in [0.2, 0.25) is 0 Å². The first kappa shape index (κ1) is 13.6. The van der Waals surface area contributed by atoms with Gasteiger partial charge in [0.1, 0.15) is 5.52 Å². The number of aromatic nitrogens is 3. The fraction of sp³-hybridized carbons (Fsp3) is 0.200. The van der Waals surface area contributed by atoms with E-state index in [9.17, 15) is 13.2 Å². The topological polar surface area (TPSA) is 30.7 Å². The van der Waals surface area contributed by atoms with Gasteiger partial charge in [-0.1, -0.05) is 12.1 Å². The van der Waals surface area contributed by atoms with Crippen molar-refractivity contribution in [3.05, 3.63) is 48.4 Å². The van der Waals surface area contributed by atoms with E-state index in [0.717, 1.165) is 29.7 Å². The highest BCUT2D eigenvalue weighted by molar-refractivity contribution is 5.79. The number of benzene rings is 1. The second kappa shape index (κ2) is 4.87. The zero-order valence-electron chi connectivity index (χ0n) is 11.2. The summed E-state index contributed by atoms with van der Waals surface area (Å²) in [5.74, 6) is 0. The number of alkyl halides is 3. The molecule has 0 saturated heterocycles. The zero-order valence-corrected chi connectivity index (χ0v) is 11.2. The van der Waals surface area contributed by atoms with Crippen molar-refractivity contribution in [2.24, 2.45) is 0 Å². The summed E-state index contributed by atoms with van der Waals surface area (Å²) in [5, 5.41) is 0. The van der Waals surface area contributed by atoms with Crippen LogP contribution in [-0.2, 0) is 12.7 Å². The van der Waals surface area contributed by atoms with Crippen molar-refractivity contribution in [1.82, 2.24) is 14.5 Å². The Morgan fingerprint density at radius 2 is 1.95 bits per heavy atom. The van der Waals surface area contributed by atoms with Crippen LogP contribution in [0.25, 0.3) is 22.3 Å². The first-order valence-electron chi connectivity index (χ1n) is 6.47. The fourth-order valence-electron chi connectivity index (χ4n) is 2.23. The third-order valence-corrected chi connectivity index (χ3v) is 3.33. The lowest BCUT2D eigenvalue weighted by Crippen LogP contribution is -2.04. The highest BCUT2D eigenvalue weighted by Gasteiger charge is 2.30. The SMILES string of the molecule is CCn1cnc2cnc(-c3cccc(C(F)(F)F)c3)cc21. The first-order valence-corrected chi connectivity index (χ1v) is 6.47. The van der Waals surface area contributed by atoms with Crippen molar-refractivity contribution >= 4 is 11.0 Å². The molecule has 6 heteroatoms. The molecule has 0 aliphatic rings. The average Bonchev–Trinajstić information content (AvgIpc) is 2.88. The molecule has 0 aliphatic heterocycles. The van der Waals surface area contributed by atoms with Gasteiger partial charge in [-0.05, 0) is 25.1 Å². The highest BCUT2D eigenvalue weighted by Crippen LogP contribution is 2.32. The summed E-state index contributed by atoms with van der Waals surface area (Å²) in [6, 6.07) is 6.94. The number of imidazole rings is 1. The number of hydrogen-bond acceptors (Lipinski definition) is 2. The molecular formula is C15H12F3N3. The maximum absolute atomic E-state index is 12.8. The third kappa shape index (κ3) is 2.49. The summed E-state index contributed by atoms with van der Waals surface area (Å²) >= 11 is 0. The Hall–Kier alpha value is -2.37. The van der Waals surface area contributed by atoms with E-state index in [4.69, 9.17) is 0 Å². The Kier molecular flexibility index (Phi) is 3.16. The molecule has 0 saturated carbocycles. The molecule has 3 nitrogen and oxygen atoms in total. The number of fused-ring (bicyclic) bond motifs is 1. The maximum Gasteiger partial charge on any atom is 0.416 e. The Morgan fingerprint density at radius 1 is 1.14 bits per heavy atom. The Morgan fingerprint density at radius 3 is 2.67 bits per heavy atom. The largest absolute Gasteiger partial charge is 0.416 e. The lowest BCUT2D eigenvalue weighted by Gasteiger charge is -2.08. The van der Waals surface area contributed by atoms with E-state index in [1.807, 2.05) is 11.5 Å². The maximum atomic E-state index is 12.8. The minimum absolute atomic E-state index is 0.440. The van der Waals surface area contributed by atoms with Gasteiger partial charge in [0.15, 0.2) is 0 Å². The molecule has 2 aromatic heterocycles. The molecule has 0 aliphatic carbocycles. The van der Waals surface area contributed by atoms with Gasteiger partial charge in [0.25, 0.3) is 0 Å². The summed E-state index contributed by atoms with van der Waals surface area (Å²) < 4.78 is 40.2.